The molecule has 0 aromatic carbocycles. The molecule has 2 heterocycles. The molecule has 0 atom stereocenters. The van der Waals surface area contributed by atoms with E-state index in [9.17, 15) is 0 Å². The Bertz CT molecular complexity index is 497. The van der Waals surface area contributed by atoms with E-state index >= 15 is 0 Å². The third-order valence-corrected chi connectivity index (χ3v) is 3.99. The number of hydrogen-bond donors (Lipinski definition) is 1. The second-order valence-corrected chi connectivity index (χ2v) is 6.61. The van der Waals surface area contributed by atoms with E-state index < -0.39 is 0 Å². The monoisotopic (exact) mass is 269 g/mol. The van der Waals surface area contributed by atoms with Crippen molar-refractivity contribution in [2.24, 2.45) is 0 Å². The molecule has 17 heavy (non-hydrogen) atoms. The SMILES string of the molecule is Cc1nnsc1-c1nnc(CNC(C)(C)C)s1. The average molecular weight is 269 g/mol. The van der Waals surface area contributed by atoms with Crippen LogP contribution in [0, 0.1) is 6.92 Å². The standard InChI is InChI=1S/C10H15N5S2/c1-6-8(17-15-12-6)9-14-13-7(16-9)5-11-10(2,3)4/h11H,5H2,1-4H3. The fraction of sp³-hybridized carbons (Fsp3) is 0.600. The minimum atomic E-state index is 0.0911. The highest BCUT2D eigenvalue weighted by Gasteiger charge is 2.14. The number of nitrogens with zero attached hydrogens (tertiary/aromatic N) is 4. The van der Waals surface area contributed by atoms with Gasteiger partial charge in [-0.05, 0) is 39.2 Å². The van der Waals surface area contributed by atoms with Crippen molar-refractivity contribution in [2.75, 3.05) is 0 Å². The molecule has 0 unspecified atom stereocenters. The molecular formula is C10H15N5S2. The zero-order valence-electron chi connectivity index (χ0n) is 10.3. The minimum absolute atomic E-state index is 0.0911. The normalized spacial score (nSPS) is 12.0. The fourth-order valence-corrected chi connectivity index (χ4v) is 2.73. The van der Waals surface area contributed by atoms with Gasteiger partial charge in [0.2, 0.25) is 0 Å². The molecule has 7 heteroatoms. The topological polar surface area (TPSA) is 63.6 Å². The third kappa shape index (κ3) is 3.27. The predicted octanol–water partition coefficient (Wildman–Crippen LogP) is 2.25. The van der Waals surface area contributed by atoms with Crippen molar-refractivity contribution < 1.29 is 0 Å². The molecule has 92 valence electrons. The Hall–Kier alpha value is -0.920. The summed E-state index contributed by atoms with van der Waals surface area (Å²) in [6.45, 7) is 9.07. The van der Waals surface area contributed by atoms with Crippen LogP contribution in [0.2, 0.25) is 0 Å². The number of nitrogens with one attached hydrogen (secondary N) is 1. The molecule has 5 nitrogen and oxygen atoms in total. The molecule has 0 aliphatic carbocycles. The van der Waals surface area contributed by atoms with Crippen LogP contribution in [0.3, 0.4) is 0 Å². The van der Waals surface area contributed by atoms with E-state index in [1.165, 1.54) is 11.5 Å². The first-order valence-electron chi connectivity index (χ1n) is 5.32. The van der Waals surface area contributed by atoms with E-state index in [1.807, 2.05) is 6.92 Å². The molecule has 0 spiro atoms. The molecule has 0 saturated carbocycles. The van der Waals surface area contributed by atoms with Crippen molar-refractivity contribution in [1.82, 2.24) is 25.1 Å². The van der Waals surface area contributed by atoms with Gasteiger partial charge < -0.3 is 5.32 Å². The van der Waals surface area contributed by atoms with Crippen molar-refractivity contribution in [3.8, 4) is 9.88 Å². The summed E-state index contributed by atoms with van der Waals surface area (Å²) < 4.78 is 3.91. The van der Waals surface area contributed by atoms with Gasteiger partial charge in [0.25, 0.3) is 0 Å². The predicted molar refractivity (Wildman–Crippen MR) is 70.1 cm³/mol. The Morgan fingerprint density at radius 1 is 1.18 bits per heavy atom. The van der Waals surface area contributed by atoms with E-state index in [-0.39, 0.29) is 5.54 Å². The van der Waals surface area contributed by atoms with Crippen molar-refractivity contribution in [3.05, 3.63) is 10.7 Å². The lowest BCUT2D eigenvalue weighted by molar-refractivity contribution is 0.423. The Balaban J connectivity index is 2.09. The quantitative estimate of drug-likeness (QED) is 0.926. The third-order valence-electron chi connectivity index (χ3n) is 2.08. The molecule has 0 aliphatic heterocycles. The van der Waals surface area contributed by atoms with Crippen molar-refractivity contribution in [1.29, 1.82) is 0 Å². The zero-order valence-corrected chi connectivity index (χ0v) is 11.9. The first-order valence-corrected chi connectivity index (χ1v) is 6.91. The lowest BCUT2D eigenvalue weighted by Crippen LogP contribution is -2.35. The summed E-state index contributed by atoms with van der Waals surface area (Å²) in [7, 11) is 0. The van der Waals surface area contributed by atoms with E-state index in [0.29, 0.717) is 0 Å². The Labute approximate surface area is 108 Å². The van der Waals surface area contributed by atoms with E-state index in [1.54, 1.807) is 11.3 Å². The summed E-state index contributed by atoms with van der Waals surface area (Å²) in [6, 6.07) is 0. The molecule has 1 N–H and O–H groups in total. The van der Waals surface area contributed by atoms with Crippen LogP contribution in [0.1, 0.15) is 31.5 Å². The number of hydrogen-bond acceptors (Lipinski definition) is 7. The van der Waals surface area contributed by atoms with Gasteiger partial charge in [0.15, 0.2) is 5.01 Å². The van der Waals surface area contributed by atoms with Gasteiger partial charge >= 0.3 is 0 Å². The van der Waals surface area contributed by atoms with Gasteiger partial charge in [-0.3, -0.25) is 0 Å². The van der Waals surface area contributed by atoms with Gasteiger partial charge in [-0.15, -0.1) is 15.3 Å². The molecule has 0 bridgehead atoms. The first-order chi connectivity index (χ1) is 7.96. The zero-order chi connectivity index (χ0) is 12.5. The van der Waals surface area contributed by atoms with Crippen LogP contribution >= 0.6 is 22.9 Å². The fourth-order valence-electron chi connectivity index (χ4n) is 1.19. The molecule has 2 aromatic heterocycles. The van der Waals surface area contributed by atoms with E-state index in [2.05, 4.69) is 45.9 Å². The first kappa shape index (κ1) is 12.5. The van der Waals surface area contributed by atoms with Gasteiger partial charge in [-0.2, -0.15) is 0 Å². The van der Waals surface area contributed by atoms with Crippen LogP contribution in [0.15, 0.2) is 0 Å². The number of aryl methyl sites for hydroxylation is 1. The van der Waals surface area contributed by atoms with Crippen molar-refractivity contribution in [2.45, 2.75) is 39.8 Å². The molecule has 0 aliphatic rings. The molecular weight excluding hydrogens is 254 g/mol. The minimum Gasteiger partial charge on any atom is -0.306 e. The Morgan fingerprint density at radius 2 is 1.94 bits per heavy atom. The number of rotatable bonds is 3. The summed E-state index contributed by atoms with van der Waals surface area (Å²) in [4.78, 5) is 1.02. The smallest absolute Gasteiger partial charge is 0.161 e. The van der Waals surface area contributed by atoms with Gasteiger partial charge in [-0.1, -0.05) is 15.8 Å². The summed E-state index contributed by atoms with van der Waals surface area (Å²) in [6.07, 6.45) is 0. The van der Waals surface area contributed by atoms with Crippen molar-refractivity contribution >= 4 is 22.9 Å². The molecule has 0 radical (unpaired) electrons. The van der Waals surface area contributed by atoms with E-state index in [4.69, 9.17) is 0 Å². The largest absolute Gasteiger partial charge is 0.306 e. The summed E-state index contributed by atoms with van der Waals surface area (Å²) in [5, 5.41) is 17.6. The molecule has 0 amide bonds. The van der Waals surface area contributed by atoms with Crippen LogP contribution in [-0.2, 0) is 6.54 Å². The van der Waals surface area contributed by atoms with Crippen molar-refractivity contribution in [3.63, 3.8) is 0 Å². The Kier molecular flexibility index (Phi) is 3.50. The average Bonchev–Trinajstić information content (AvgIpc) is 2.81. The molecule has 0 fully saturated rings. The van der Waals surface area contributed by atoms with Gasteiger partial charge in [0, 0.05) is 5.54 Å². The summed E-state index contributed by atoms with van der Waals surface area (Å²) in [5.41, 5.74) is 1.01. The maximum Gasteiger partial charge on any atom is 0.161 e. The maximum atomic E-state index is 4.18. The highest BCUT2D eigenvalue weighted by molar-refractivity contribution is 7.19. The molecule has 2 rings (SSSR count). The van der Waals surface area contributed by atoms with Crippen LogP contribution < -0.4 is 5.32 Å². The van der Waals surface area contributed by atoms with Crippen LogP contribution in [0.4, 0.5) is 0 Å². The van der Waals surface area contributed by atoms with Crippen LogP contribution in [-0.4, -0.2) is 25.3 Å². The second kappa shape index (κ2) is 4.75. The summed E-state index contributed by atoms with van der Waals surface area (Å²) >= 11 is 2.96. The van der Waals surface area contributed by atoms with Gasteiger partial charge in [0.05, 0.1) is 12.2 Å². The molecule has 2 aromatic rings. The summed E-state index contributed by atoms with van der Waals surface area (Å²) in [5.74, 6) is 0. The lowest BCUT2D eigenvalue weighted by atomic mass is 10.1. The highest BCUT2D eigenvalue weighted by atomic mass is 32.1. The lowest BCUT2D eigenvalue weighted by Gasteiger charge is -2.19. The van der Waals surface area contributed by atoms with E-state index in [0.717, 1.165) is 27.1 Å². The van der Waals surface area contributed by atoms with Gasteiger partial charge in [0.1, 0.15) is 9.88 Å². The van der Waals surface area contributed by atoms with Crippen LogP contribution in [0.25, 0.3) is 9.88 Å². The Morgan fingerprint density at radius 3 is 2.53 bits per heavy atom. The second-order valence-electron chi connectivity index (χ2n) is 4.79. The highest BCUT2D eigenvalue weighted by Crippen LogP contribution is 2.28. The maximum absolute atomic E-state index is 4.18. The molecule has 0 saturated heterocycles. The van der Waals surface area contributed by atoms with Gasteiger partial charge in [-0.25, -0.2) is 0 Å². The van der Waals surface area contributed by atoms with Crippen LogP contribution in [0.5, 0.6) is 0 Å². The number of aromatic nitrogens is 4.